The van der Waals surface area contributed by atoms with Crippen LogP contribution in [0.15, 0.2) is 54.7 Å². The second-order valence-electron chi connectivity index (χ2n) is 8.80. The van der Waals surface area contributed by atoms with Crippen LogP contribution in [0, 0.1) is 6.92 Å². The molecule has 0 unspecified atom stereocenters. The Balaban J connectivity index is 1.50. The normalized spacial score (nSPS) is 13.2. The summed E-state index contributed by atoms with van der Waals surface area (Å²) in [5.74, 6) is 1.27. The van der Waals surface area contributed by atoms with E-state index in [1.165, 1.54) is 17.3 Å². The Bertz CT molecular complexity index is 1420. The molecule has 0 fully saturated rings. The molecule has 184 valence electrons. The Morgan fingerprint density at radius 1 is 1.11 bits per heavy atom. The van der Waals surface area contributed by atoms with Gasteiger partial charge in [0.15, 0.2) is 0 Å². The fourth-order valence-corrected chi connectivity index (χ4v) is 4.31. The minimum absolute atomic E-state index is 0.165. The lowest BCUT2D eigenvalue weighted by Gasteiger charge is -2.26. The van der Waals surface area contributed by atoms with Crippen molar-refractivity contribution in [3.63, 3.8) is 0 Å². The Kier molecular flexibility index (Phi) is 6.26. The highest BCUT2D eigenvalue weighted by molar-refractivity contribution is 5.98. The van der Waals surface area contributed by atoms with Crippen molar-refractivity contribution in [3.05, 3.63) is 77.1 Å². The zero-order valence-electron chi connectivity index (χ0n) is 20.4. The van der Waals surface area contributed by atoms with Crippen LogP contribution in [-0.4, -0.2) is 51.3 Å². The molecule has 1 aliphatic rings. The monoisotopic (exact) mass is 484 g/mol. The number of para-hydroxylation sites is 1. The van der Waals surface area contributed by atoms with Gasteiger partial charge in [-0.05, 0) is 55.8 Å². The summed E-state index contributed by atoms with van der Waals surface area (Å²) in [5, 5.41) is 11.0. The van der Waals surface area contributed by atoms with Crippen LogP contribution in [-0.2, 0) is 13.0 Å². The minimum Gasteiger partial charge on any atom is -0.495 e. The predicted molar refractivity (Wildman–Crippen MR) is 138 cm³/mol. The van der Waals surface area contributed by atoms with Crippen molar-refractivity contribution in [2.45, 2.75) is 19.9 Å². The first-order valence-corrected chi connectivity index (χ1v) is 11.6. The SMILES string of the molecule is COc1cc2c(cc1Nc1ncc(C(N)=O)c(Nc3cc(C)nn3-c3ccccc3)n1)CN(C)CC2. The van der Waals surface area contributed by atoms with Crippen LogP contribution in [0.3, 0.4) is 0 Å². The maximum absolute atomic E-state index is 12.2. The number of benzene rings is 2. The highest BCUT2D eigenvalue weighted by Gasteiger charge is 2.19. The molecular formula is C26H28N8O2. The standard InChI is InChI=1S/C26H28N8O2/c1-16-11-23(34(32-16)19-7-5-4-6-8-19)30-25-20(24(27)35)14-28-26(31-25)29-21-12-18-15-33(2)10-9-17(18)13-22(21)36-3/h4-8,11-14H,9-10,15H2,1-3H3,(H2,27,35)(H2,28,29,30,31). The second-order valence-corrected chi connectivity index (χ2v) is 8.80. The number of likely N-dealkylation sites (N-methyl/N-ethyl adjacent to an activating group) is 1. The summed E-state index contributed by atoms with van der Waals surface area (Å²) in [6.07, 6.45) is 2.38. The number of carbonyl (C=O) groups is 1. The van der Waals surface area contributed by atoms with Crippen LogP contribution in [0.4, 0.5) is 23.3 Å². The number of anilines is 4. The lowest BCUT2D eigenvalue weighted by molar-refractivity contribution is 0.100. The number of nitrogens with one attached hydrogen (secondary N) is 2. The van der Waals surface area contributed by atoms with Gasteiger partial charge in [-0.15, -0.1) is 0 Å². The molecule has 0 spiro atoms. The van der Waals surface area contributed by atoms with E-state index in [9.17, 15) is 4.79 Å². The van der Waals surface area contributed by atoms with Crippen molar-refractivity contribution in [3.8, 4) is 11.4 Å². The summed E-state index contributed by atoms with van der Waals surface area (Å²) in [7, 11) is 3.74. The van der Waals surface area contributed by atoms with Gasteiger partial charge in [-0.1, -0.05) is 18.2 Å². The Morgan fingerprint density at radius 2 is 1.92 bits per heavy atom. The van der Waals surface area contributed by atoms with Gasteiger partial charge in [0.25, 0.3) is 5.91 Å². The summed E-state index contributed by atoms with van der Waals surface area (Å²) in [5.41, 5.74) is 10.7. The maximum Gasteiger partial charge on any atom is 0.254 e. The van der Waals surface area contributed by atoms with Crippen molar-refractivity contribution in [1.29, 1.82) is 0 Å². The lowest BCUT2D eigenvalue weighted by atomic mass is 9.99. The number of primary amides is 1. The quantitative estimate of drug-likeness (QED) is 0.364. The molecule has 4 aromatic rings. The maximum atomic E-state index is 12.2. The van der Waals surface area contributed by atoms with Crippen molar-refractivity contribution in [1.82, 2.24) is 24.6 Å². The van der Waals surface area contributed by atoms with E-state index in [1.807, 2.05) is 43.3 Å². The number of fused-ring (bicyclic) bond motifs is 1. The number of aromatic nitrogens is 4. The third kappa shape index (κ3) is 4.71. The van der Waals surface area contributed by atoms with E-state index in [4.69, 9.17) is 10.5 Å². The average Bonchev–Trinajstić information content (AvgIpc) is 3.24. The molecule has 0 aliphatic carbocycles. The highest BCUT2D eigenvalue weighted by atomic mass is 16.5. The Hall–Kier alpha value is -4.44. The lowest BCUT2D eigenvalue weighted by Crippen LogP contribution is -2.26. The molecule has 0 saturated heterocycles. The molecular weight excluding hydrogens is 456 g/mol. The van der Waals surface area contributed by atoms with Crippen molar-refractivity contribution < 1.29 is 9.53 Å². The summed E-state index contributed by atoms with van der Waals surface area (Å²) in [4.78, 5) is 23.4. The molecule has 0 radical (unpaired) electrons. The number of nitrogens with two attached hydrogens (primary N) is 1. The zero-order chi connectivity index (χ0) is 25.2. The van der Waals surface area contributed by atoms with E-state index in [1.54, 1.807) is 11.8 Å². The van der Waals surface area contributed by atoms with Gasteiger partial charge in [0.05, 0.1) is 24.2 Å². The molecule has 2 aromatic carbocycles. The molecule has 5 rings (SSSR count). The summed E-state index contributed by atoms with van der Waals surface area (Å²) >= 11 is 0. The van der Waals surface area contributed by atoms with Crippen LogP contribution in [0.25, 0.3) is 5.69 Å². The van der Waals surface area contributed by atoms with E-state index >= 15 is 0 Å². The number of hydrogen-bond donors (Lipinski definition) is 3. The fourth-order valence-electron chi connectivity index (χ4n) is 4.31. The molecule has 2 aromatic heterocycles. The van der Waals surface area contributed by atoms with Crippen LogP contribution in [0.1, 0.15) is 27.2 Å². The zero-order valence-corrected chi connectivity index (χ0v) is 20.4. The molecule has 0 bridgehead atoms. The molecule has 3 heterocycles. The second kappa shape index (κ2) is 9.67. The van der Waals surface area contributed by atoms with Crippen LogP contribution in [0.5, 0.6) is 5.75 Å². The molecule has 1 aliphatic heterocycles. The number of rotatable bonds is 7. The Labute approximate surface area is 209 Å². The number of nitrogens with zero attached hydrogens (tertiary/aromatic N) is 5. The number of amides is 1. The first kappa shape index (κ1) is 23.3. The van der Waals surface area contributed by atoms with Crippen molar-refractivity contribution >= 4 is 29.2 Å². The average molecular weight is 485 g/mol. The van der Waals surface area contributed by atoms with E-state index < -0.39 is 5.91 Å². The van der Waals surface area contributed by atoms with Gasteiger partial charge >= 0.3 is 0 Å². The third-order valence-corrected chi connectivity index (χ3v) is 6.10. The number of hydrogen-bond acceptors (Lipinski definition) is 8. The van der Waals surface area contributed by atoms with Crippen LogP contribution < -0.4 is 21.1 Å². The molecule has 10 heteroatoms. The first-order valence-electron chi connectivity index (χ1n) is 11.6. The largest absolute Gasteiger partial charge is 0.495 e. The minimum atomic E-state index is -0.638. The third-order valence-electron chi connectivity index (χ3n) is 6.10. The number of aryl methyl sites for hydroxylation is 1. The van der Waals surface area contributed by atoms with Gasteiger partial charge in [-0.2, -0.15) is 10.1 Å². The molecule has 4 N–H and O–H groups in total. The first-order chi connectivity index (χ1) is 17.4. The molecule has 36 heavy (non-hydrogen) atoms. The molecule has 1 amide bonds. The Morgan fingerprint density at radius 3 is 2.67 bits per heavy atom. The van der Waals surface area contributed by atoms with Crippen LogP contribution >= 0.6 is 0 Å². The number of ether oxygens (including phenoxy) is 1. The van der Waals surface area contributed by atoms with Gasteiger partial charge < -0.3 is 26.0 Å². The molecule has 0 saturated carbocycles. The van der Waals surface area contributed by atoms with Gasteiger partial charge in [0.1, 0.15) is 22.9 Å². The number of carbonyl (C=O) groups excluding carboxylic acids is 1. The molecule has 10 nitrogen and oxygen atoms in total. The van der Waals surface area contributed by atoms with Gasteiger partial charge in [0, 0.05) is 25.4 Å². The van der Waals surface area contributed by atoms with E-state index in [2.05, 4.69) is 49.8 Å². The predicted octanol–water partition coefficient (Wildman–Crippen LogP) is 3.55. The summed E-state index contributed by atoms with van der Waals surface area (Å²) in [6.45, 7) is 3.76. The van der Waals surface area contributed by atoms with E-state index in [0.717, 1.165) is 36.6 Å². The van der Waals surface area contributed by atoms with Crippen molar-refractivity contribution in [2.24, 2.45) is 5.73 Å². The van der Waals surface area contributed by atoms with Gasteiger partial charge in [0.2, 0.25) is 5.95 Å². The van der Waals surface area contributed by atoms with Gasteiger partial charge in [-0.3, -0.25) is 4.79 Å². The van der Waals surface area contributed by atoms with Crippen molar-refractivity contribution in [2.75, 3.05) is 31.3 Å². The van der Waals surface area contributed by atoms with E-state index in [-0.39, 0.29) is 11.4 Å². The van der Waals surface area contributed by atoms with Gasteiger partial charge in [-0.25, -0.2) is 9.67 Å². The summed E-state index contributed by atoms with van der Waals surface area (Å²) in [6, 6.07) is 15.7. The highest BCUT2D eigenvalue weighted by Crippen LogP contribution is 2.33. The van der Waals surface area contributed by atoms with Crippen LogP contribution in [0.2, 0.25) is 0 Å². The molecule has 0 atom stereocenters. The smallest absolute Gasteiger partial charge is 0.254 e. The van der Waals surface area contributed by atoms with E-state index in [0.29, 0.717) is 17.5 Å². The fraction of sp³-hybridized carbons (Fsp3) is 0.231. The summed E-state index contributed by atoms with van der Waals surface area (Å²) < 4.78 is 7.38. The topological polar surface area (TPSA) is 123 Å². The number of methoxy groups -OCH3 is 1.